The zero-order valence-corrected chi connectivity index (χ0v) is 12.3. The van der Waals surface area contributed by atoms with E-state index in [2.05, 4.69) is 22.2 Å². The van der Waals surface area contributed by atoms with Crippen LogP contribution in [0.2, 0.25) is 0 Å². The second-order valence-corrected chi connectivity index (χ2v) is 5.02. The predicted octanol–water partition coefficient (Wildman–Crippen LogP) is 3.28. The van der Waals surface area contributed by atoms with Crippen LogP contribution < -0.4 is 5.32 Å². The number of anilines is 1. The molecule has 1 N–H and O–H groups in total. The number of ether oxygens (including phenoxy) is 1. The number of rotatable bonds is 6. The molecule has 0 saturated carbocycles. The van der Waals surface area contributed by atoms with Gasteiger partial charge in [-0.25, -0.2) is 14.8 Å². The minimum absolute atomic E-state index is 0.0399. The van der Waals surface area contributed by atoms with Gasteiger partial charge in [-0.15, -0.1) is 11.3 Å². The predicted molar refractivity (Wildman–Crippen MR) is 79.0 cm³/mol. The minimum Gasteiger partial charge on any atom is -0.462 e. The Morgan fingerprint density at radius 1 is 1.40 bits per heavy atom. The number of hydrogen-bond donors (Lipinski definition) is 1. The quantitative estimate of drug-likeness (QED) is 0.827. The van der Waals surface area contributed by atoms with Gasteiger partial charge >= 0.3 is 5.97 Å². The van der Waals surface area contributed by atoms with Crippen LogP contribution in [0.25, 0.3) is 0 Å². The van der Waals surface area contributed by atoms with Gasteiger partial charge in [0.25, 0.3) is 0 Å². The molecule has 2 heterocycles. The first-order valence-corrected chi connectivity index (χ1v) is 7.42. The third kappa shape index (κ3) is 3.33. The number of carbonyl (C=O) groups excluding carboxylic acids is 1. The number of pyridine rings is 1. The maximum Gasteiger partial charge on any atom is 0.341 e. The molecule has 1 atom stereocenters. The molecule has 0 bridgehead atoms. The van der Waals surface area contributed by atoms with Crippen LogP contribution in [0, 0.1) is 0 Å². The fraction of sp³-hybridized carbons (Fsp3) is 0.357. The van der Waals surface area contributed by atoms with Crippen molar-refractivity contribution in [3.63, 3.8) is 0 Å². The van der Waals surface area contributed by atoms with Crippen LogP contribution >= 0.6 is 11.3 Å². The van der Waals surface area contributed by atoms with E-state index in [1.165, 1.54) is 0 Å². The van der Waals surface area contributed by atoms with Gasteiger partial charge in [-0.05, 0) is 25.5 Å². The summed E-state index contributed by atoms with van der Waals surface area (Å²) < 4.78 is 5.04. The van der Waals surface area contributed by atoms with Crippen LogP contribution in [0.4, 0.5) is 5.82 Å². The summed E-state index contributed by atoms with van der Waals surface area (Å²) in [6.07, 6.45) is 4.28. The molecular formula is C14H17N3O2S. The zero-order valence-electron chi connectivity index (χ0n) is 11.5. The fourth-order valence-corrected chi connectivity index (χ4v) is 2.58. The van der Waals surface area contributed by atoms with Crippen molar-refractivity contribution in [2.75, 3.05) is 11.9 Å². The molecule has 0 fully saturated rings. The Hall–Kier alpha value is -1.95. The highest BCUT2D eigenvalue weighted by molar-refractivity contribution is 7.09. The lowest BCUT2D eigenvalue weighted by molar-refractivity contribution is 0.0527. The Bertz CT molecular complexity index is 557. The maximum absolute atomic E-state index is 11.9. The van der Waals surface area contributed by atoms with Crippen molar-refractivity contribution < 1.29 is 9.53 Å². The first-order chi connectivity index (χ1) is 9.76. The van der Waals surface area contributed by atoms with Crippen molar-refractivity contribution in [1.82, 2.24) is 9.97 Å². The molecule has 2 aromatic rings. The Morgan fingerprint density at radius 2 is 2.25 bits per heavy atom. The summed E-state index contributed by atoms with van der Waals surface area (Å²) in [6, 6.07) is 3.47. The number of thiazole rings is 1. The topological polar surface area (TPSA) is 64.1 Å². The summed E-state index contributed by atoms with van der Waals surface area (Å²) in [5.41, 5.74) is 0.448. The number of hydrogen-bond acceptors (Lipinski definition) is 6. The molecule has 0 saturated heterocycles. The second kappa shape index (κ2) is 7.00. The Labute approximate surface area is 122 Å². The van der Waals surface area contributed by atoms with Gasteiger partial charge in [0.2, 0.25) is 0 Å². The number of carbonyl (C=O) groups is 1. The van der Waals surface area contributed by atoms with Crippen molar-refractivity contribution in [1.29, 1.82) is 0 Å². The summed E-state index contributed by atoms with van der Waals surface area (Å²) in [7, 11) is 0. The van der Waals surface area contributed by atoms with Gasteiger partial charge in [-0.2, -0.15) is 0 Å². The first-order valence-electron chi connectivity index (χ1n) is 6.54. The summed E-state index contributed by atoms with van der Waals surface area (Å²) in [5.74, 6) is 0.171. The van der Waals surface area contributed by atoms with Gasteiger partial charge < -0.3 is 10.1 Å². The van der Waals surface area contributed by atoms with Crippen LogP contribution in [-0.2, 0) is 4.74 Å². The van der Waals surface area contributed by atoms with Crippen molar-refractivity contribution in [3.8, 4) is 0 Å². The molecule has 0 spiro atoms. The SMILES string of the molecule is CCOC(=O)c1cccnc1NC(CC)c1nccs1. The molecule has 0 radical (unpaired) electrons. The van der Waals surface area contributed by atoms with E-state index < -0.39 is 0 Å². The molecule has 0 amide bonds. The van der Waals surface area contributed by atoms with E-state index in [1.807, 2.05) is 5.38 Å². The smallest absolute Gasteiger partial charge is 0.341 e. The molecule has 2 aromatic heterocycles. The number of nitrogens with zero attached hydrogens (tertiary/aromatic N) is 2. The maximum atomic E-state index is 11.9. The highest BCUT2D eigenvalue weighted by Crippen LogP contribution is 2.25. The van der Waals surface area contributed by atoms with E-state index in [9.17, 15) is 4.79 Å². The van der Waals surface area contributed by atoms with Crippen molar-refractivity contribution in [2.45, 2.75) is 26.3 Å². The van der Waals surface area contributed by atoms with Crippen LogP contribution in [0.5, 0.6) is 0 Å². The van der Waals surface area contributed by atoms with Gasteiger partial charge in [-0.3, -0.25) is 0 Å². The summed E-state index contributed by atoms with van der Waals surface area (Å²) in [6.45, 7) is 4.19. The van der Waals surface area contributed by atoms with Gasteiger partial charge in [0, 0.05) is 17.8 Å². The van der Waals surface area contributed by atoms with Crippen molar-refractivity contribution in [3.05, 3.63) is 40.5 Å². The molecule has 2 rings (SSSR count). The zero-order chi connectivity index (χ0) is 14.4. The number of aromatic nitrogens is 2. The fourth-order valence-electron chi connectivity index (χ4n) is 1.80. The summed E-state index contributed by atoms with van der Waals surface area (Å²) >= 11 is 1.58. The normalized spacial score (nSPS) is 11.9. The van der Waals surface area contributed by atoms with Gasteiger partial charge in [0.15, 0.2) is 0 Å². The largest absolute Gasteiger partial charge is 0.462 e. The molecule has 6 heteroatoms. The highest BCUT2D eigenvalue weighted by Gasteiger charge is 2.18. The molecule has 1 unspecified atom stereocenters. The minimum atomic E-state index is -0.364. The third-order valence-corrected chi connectivity index (χ3v) is 3.66. The molecule has 0 aliphatic carbocycles. The molecule has 5 nitrogen and oxygen atoms in total. The lowest BCUT2D eigenvalue weighted by atomic mass is 10.2. The molecule has 0 aliphatic rings. The first kappa shape index (κ1) is 14.5. The lowest BCUT2D eigenvalue weighted by Gasteiger charge is -2.17. The summed E-state index contributed by atoms with van der Waals surface area (Å²) in [4.78, 5) is 20.5. The van der Waals surface area contributed by atoms with Crippen LogP contribution in [0.15, 0.2) is 29.9 Å². The Morgan fingerprint density at radius 3 is 2.90 bits per heavy atom. The van der Waals surface area contributed by atoms with Crippen LogP contribution in [-0.4, -0.2) is 22.5 Å². The molecule has 0 aromatic carbocycles. The van der Waals surface area contributed by atoms with Gasteiger partial charge in [0.05, 0.1) is 12.6 Å². The molecule has 0 aliphatic heterocycles. The number of nitrogens with one attached hydrogen (secondary N) is 1. The number of esters is 1. The molecular weight excluding hydrogens is 274 g/mol. The van der Waals surface area contributed by atoms with E-state index in [4.69, 9.17) is 4.74 Å². The Kier molecular flexibility index (Phi) is 5.06. The van der Waals surface area contributed by atoms with Crippen molar-refractivity contribution in [2.24, 2.45) is 0 Å². The molecule has 106 valence electrons. The summed E-state index contributed by atoms with van der Waals surface area (Å²) in [5, 5.41) is 6.19. The Balaban J connectivity index is 2.22. The van der Waals surface area contributed by atoms with E-state index in [-0.39, 0.29) is 12.0 Å². The second-order valence-electron chi connectivity index (χ2n) is 4.10. The average molecular weight is 291 g/mol. The highest BCUT2D eigenvalue weighted by atomic mass is 32.1. The van der Waals surface area contributed by atoms with E-state index in [0.29, 0.717) is 18.0 Å². The molecule has 20 heavy (non-hydrogen) atoms. The van der Waals surface area contributed by atoms with Crippen molar-refractivity contribution >= 4 is 23.1 Å². The lowest BCUT2D eigenvalue weighted by Crippen LogP contribution is -2.15. The third-order valence-electron chi connectivity index (χ3n) is 2.77. The van der Waals surface area contributed by atoms with Gasteiger partial charge in [-0.1, -0.05) is 6.92 Å². The van der Waals surface area contributed by atoms with Crippen LogP contribution in [0.1, 0.15) is 41.7 Å². The standard InChI is InChI=1S/C14H17N3O2S/c1-3-11(13-16-8-9-20-13)17-12-10(6-5-7-15-12)14(18)19-4-2/h5-9,11H,3-4H2,1-2H3,(H,15,17). The average Bonchev–Trinajstić information content (AvgIpc) is 2.99. The van der Waals surface area contributed by atoms with Gasteiger partial charge in [0.1, 0.15) is 16.4 Å². The monoisotopic (exact) mass is 291 g/mol. The van der Waals surface area contributed by atoms with E-state index in [0.717, 1.165) is 11.4 Å². The van der Waals surface area contributed by atoms with E-state index in [1.54, 1.807) is 42.8 Å². The van der Waals surface area contributed by atoms with Crippen LogP contribution in [0.3, 0.4) is 0 Å². The van der Waals surface area contributed by atoms with E-state index >= 15 is 0 Å².